The summed E-state index contributed by atoms with van der Waals surface area (Å²) < 4.78 is 0. The molecule has 0 rings (SSSR count). The molecule has 0 heterocycles. The largest absolute Gasteiger partial charge is 0.481 e. The molecule has 0 spiro atoms. The van der Waals surface area contributed by atoms with E-state index >= 15 is 0 Å². The van der Waals surface area contributed by atoms with Crippen molar-refractivity contribution < 1.29 is 44.1 Å². The van der Waals surface area contributed by atoms with E-state index in [0.717, 1.165) is 0 Å². The third-order valence-corrected chi connectivity index (χ3v) is 6.04. The minimum absolute atomic E-state index is 0.127. The van der Waals surface area contributed by atoms with Crippen LogP contribution in [0.4, 0.5) is 0 Å². The molecule has 15 heteroatoms. The molecule has 4 unspecified atom stereocenters. The van der Waals surface area contributed by atoms with E-state index in [1.165, 1.54) is 23.5 Å². The molecule has 0 radical (unpaired) electrons. The first-order chi connectivity index (χ1) is 16.4. The fraction of sp³-hybridized carbons (Fsp3) is 0.700. The molecule has 200 valence electrons. The number of carbonyl (C=O) groups excluding carboxylic acids is 3. The standard InChI is InChI=1S/C20H34N4O9S2/c1-34-9-7-13(22-17(29)11(21)3-5-15(25)26)19(31)23-12(4-6-16(27)28)18(30)24-14(20(32)33)8-10-35-2/h11-14H,3-10,21H2,1-2H3,(H,22,29)(H,23,31)(H,24,30)(H,25,26)(H,27,28)(H,32,33). The van der Waals surface area contributed by atoms with Gasteiger partial charge in [-0.2, -0.15) is 23.5 Å². The molecule has 0 aliphatic rings. The number of carboxylic acids is 3. The second kappa shape index (κ2) is 17.8. The summed E-state index contributed by atoms with van der Waals surface area (Å²) in [6.45, 7) is 0. The van der Waals surface area contributed by atoms with Crippen molar-refractivity contribution in [3.63, 3.8) is 0 Å². The highest BCUT2D eigenvalue weighted by atomic mass is 32.2. The van der Waals surface area contributed by atoms with Crippen LogP contribution in [0.1, 0.15) is 38.5 Å². The monoisotopic (exact) mass is 538 g/mol. The Kier molecular flexibility index (Phi) is 16.6. The van der Waals surface area contributed by atoms with Gasteiger partial charge in [-0.05, 0) is 49.7 Å². The van der Waals surface area contributed by atoms with Gasteiger partial charge in [0.25, 0.3) is 0 Å². The van der Waals surface area contributed by atoms with Crippen LogP contribution in [0.2, 0.25) is 0 Å². The molecule has 0 fully saturated rings. The Hall–Kier alpha value is -2.52. The Bertz CT molecular complexity index is 754. The number of aliphatic carboxylic acids is 3. The molecule has 0 saturated heterocycles. The van der Waals surface area contributed by atoms with E-state index < -0.39 is 66.2 Å². The van der Waals surface area contributed by atoms with Crippen LogP contribution < -0.4 is 21.7 Å². The van der Waals surface area contributed by atoms with Crippen molar-refractivity contribution in [1.82, 2.24) is 16.0 Å². The van der Waals surface area contributed by atoms with Crippen LogP contribution in [-0.4, -0.2) is 99.1 Å². The van der Waals surface area contributed by atoms with Crippen molar-refractivity contribution in [1.29, 1.82) is 0 Å². The average Bonchev–Trinajstić information content (AvgIpc) is 2.79. The van der Waals surface area contributed by atoms with E-state index in [1.54, 1.807) is 12.5 Å². The predicted octanol–water partition coefficient (Wildman–Crippen LogP) is -0.911. The summed E-state index contributed by atoms with van der Waals surface area (Å²) in [5, 5.41) is 34.3. The minimum Gasteiger partial charge on any atom is -0.481 e. The van der Waals surface area contributed by atoms with E-state index in [4.69, 9.17) is 15.9 Å². The summed E-state index contributed by atoms with van der Waals surface area (Å²) in [6, 6.07) is -4.88. The molecule has 0 aromatic carbocycles. The number of carboxylic acid groups (broad SMARTS) is 3. The van der Waals surface area contributed by atoms with Crippen LogP contribution in [0.15, 0.2) is 0 Å². The number of hydrogen-bond acceptors (Lipinski definition) is 9. The molecule has 8 N–H and O–H groups in total. The number of nitrogens with two attached hydrogens (primary N) is 1. The molecule has 3 amide bonds. The lowest BCUT2D eigenvalue weighted by atomic mass is 10.1. The fourth-order valence-electron chi connectivity index (χ4n) is 2.77. The van der Waals surface area contributed by atoms with Gasteiger partial charge >= 0.3 is 17.9 Å². The summed E-state index contributed by atoms with van der Waals surface area (Å²) in [6.07, 6.45) is 2.58. The number of thioether (sulfide) groups is 2. The van der Waals surface area contributed by atoms with Crippen molar-refractivity contribution in [2.45, 2.75) is 62.7 Å². The molecule has 0 aliphatic heterocycles. The van der Waals surface area contributed by atoms with E-state index in [9.17, 15) is 33.9 Å². The zero-order valence-corrected chi connectivity index (χ0v) is 21.3. The van der Waals surface area contributed by atoms with Crippen LogP contribution in [0.25, 0.3) is 0 Å². The van der Waals surface area contributed by atoms with E-state index in [0.29, 0.717) is 11.5 Å². The van der Waals surface area contributed by atoms with Crippen molar-refractivity contribution in [2.24, 2.45) is 5.73 Å². The van der Waals surface area contributed by atoms with E-state index in [2.05, 4.69) is 16.0 Å². The van der Waals surface area contributed by atoms with Gasteiger partial charge in [-0.3, -0.25) is 24.0 Å². The zero-order valence-electron chi connectivity index (χ0n) is 19.7. The number of carbonyl (C=O) groups is 6. The molecular weight excluding hydrogens is 504 g/mol. The second-order valence-electron chi connectivity index (χ2n) is 7.56. The van der Waals surface area contributed by atoms with Gasteiger partial charge in [0.15, 0.2) is 0 Å². The van der Waals surface area contributed by atoms with Crippen molar-refractivity contribution in [3.8, 4) is 0 Å². The third-order valence-electron chi connectivity index (χ3n) is 4.75. The average molecular weight is 539 g/mol. The van der Waals surface area contributed by atoms with Gasteiger partial charge in [-0.15, -0.1) is 0 Å². The number of nitrogens with one attached hydrogen (secondary N) is 3. The maximum atomic E-state index is 12.9. The quantitative estimate of drug-likeness (QED) is 0.106. The zero-order chi connectivity index (χ0) is 27.0. The highest BCUT2D eigenvalue weighted by Gasteiger charge is 2.30. The Balaban J connectivity index is 5.47. The van der Waals surface area contributed by atoms with Crippen LogP contribution in [-0.2, 0) is 28.8 Å². The fourth-order valence-corrected chi connectivity index (χ4v) is 3.71. The summed E-state index contributed by atoms with van der Waals surface area (Å²) in [4.78, 5) is 71.2. The number of hydrogen-bond donors (Lipinski definition) is 7. The topological polar surface area (TPSA) is 225 Å². The third kappa shape index (κ3) is 14.5. The Morgan fingerprint density at radius 3 is 1.51 bits per heavy atom. The molecule has 0 aromatic heterocycles. The first-order valence-corrected chi connectivity index (χ1v) is 13.5. The van der Waals surface area contributed by atoms with E-state index in [1.807, 2.05) is 0 Å². The van der Waals surface area contributed by atoms with Gasteiger partial charge in [0.05, 0.1) is 6.04 Å². The van der Waals surface area contributed by atoms with E-state index in [-0.39, 0.29) is 32.1 Å². The molecule has 4 atom stereocenters. The van der Waals surface area contributed by atoms with Crippen molar-refractivity contribution >= 4 is 59.2 Å². The lowest BCUT2D eigenvalue weighted by molar-refractivity contribution is -0.143. The van der Waals surface area contributed by atoms with Gasteiger partial charge in [0, 0.05) is 12.8 Å². The molecule has 35 heavy (non-hydrogen) atoms. The van der Waals surface area contributed by atoms with Gasteiger partial charge in [-0.1, -0.05) is 0 Å². The Labute approximate surface area is 211 Å². The lowest BCUT2D eigenvalue weighted by Gasteiger charge is -2.25. The van der Waals surface area contributed by atoms with Crippen molar-refractivity contribution in [3.05, 3.63) is 0 Å². The molecular formula is C20H34N4O9S2. The summed E-state index contributed by atoms with van der Waals surface area (Å²) >= 11 is 2.78. The van der Waals surface area contributed by atoms with Crippen LogP contribution in [0.3, 0.4) is 0 Å². The smallest absolute Gasteiger partial charge is 0.326 e. The minimum atomic E-state index is -1.36. The first kappa shape index (κ1) is 32.5. The number of rotatable bonds is 19. The lowest BCUT2D eigenvalue weighted by Crippen LogP contribution is -2.57. The second-order valence-corrected chi connectivity index (χ2v) is 9.53. The molecule has 0 aromatic rings. The number of amides is 3. The maximum Gasteiger partial charge on any atom is 0.326 e. The van der Waals surface area contributed by atoms with Gasteiger partial charge in [-0.25, -0.2) is 4.79 Å². The molecule has 0 saturated carbocycles. The summed E-state index contributed by atoms with van der Waals surface area (Å²) in [7, 11) is 0. The molecule has 0 aliphatic carbocycles. The maximum absolute atomic E-state index is 12.9. The SMILES string of the molecule is CSCCC(NC(=O)C(CCC(=O)O)NC(=O)C(CCSC)NC(=O)C(N)CCC(=O)O)C(=O)O. The van der Waals surface area contributed by atoms with Gasteiger partial charge in [0.1, 0.15) is 18.1 Å². The van der Waals surface area contributed by atoms with Crippen LogP contribution >= 0.6 is 23.5 Å². The normalized spacial score (nSPS) is 14.1. The Morgan fingerprint density at radius 2 is 1.06 bits per heavy atom. The molecule has 0 bridgehead atoms. The van der Waals surface area contributed by atoms with Crippen LogP contribution in [0, 0.1) is 0 Å². The van der Waals surface area contributed by atoms with Crippen LogP contribution in [0.5, 0.6) is 0 Å². The van der Waals surface area contributed by atoms with Crippen molar-refractivity contribution in [2.75, 3.05) is 24.0 Å². The highest BCUT2D eigenvalue weighted by Crippen LogP contribution is 2.07. The Morgan fingerprint density at radius 1 is 0.657 bits per heavy atom. The van der Waals surface area contributed by atoms with Gasteiger partial charge in [0.2, 0.25) is 17.7 Å². The first-order valence-electron chi connectivity index (χ1n) is 10.7. The van der Waals surface area contributed by atoms with Gasteiger partial charge < -0.3 is 37.0 Å². The predicted molar refractivity (Wildman–Crippen MR) is 131 cm³/mol. The summed E-state index contributed by atoms with van der Waals surface area (Å²) in [5.74, 6) is -5.10. The summed E-state index contributed by atoms with van der Waals surface area (Å²) in [5.41, 5.74) is 5.70. The molecule has 13 nitrogen and oxygen atoms in total. The highest BCUT2D eigenvalue weighted by molar-refractivity contribution is 7.98.